The highest BCUT2D eigenvalue weighted by molar-refractivity contribution is 5.85. The summed E-state index contributed by atoms with van der Waals surface area (Å²) in [7, 11) is 0. The molecule has 1 unspecified atom stereocenters. The molecule has 2 aromatic rings. The maximum absolute atomic E-state index is 11.0. The molecule has 0 aliphatic carbocycles. The van der Waals surface area contributed by atoms with Crippen LogP contribution in [0.15, 0.2) is 60.7 Å². The molecule has 0 radical (unpaired) electrons. The number of ether oxygens (including phenoxy) is 1. The number of para-hydroxylation sites is 1. The van der Waals surface area contributed by atoms with E-state index in [2.05, 4.69) is 19.6 Å². The molecule has 1 N–H and O–H groups in total. The number of carboxylic acids is 1. The van der Waals surface area contributed by atoms with Crippen LogP contribution in [0.3, 0.4) is 0 Å². The summed E-state index contributed by atoms with van der Waals surface area (Å²) in [5.74, 6) is -0.110. The third-order valence-corrected chi connectivity index (χ3v) is 5.19. The van der Waals surface area contributed by atoms with E-state index >= 15 is 0 Å². The molecule has 0 aliphatic rings. The molecule has 158 valence electrons. The molecule has 30 heavy (non-hydrogen) atoms. The van der Waals surface area contributed by atoms with Crippen LogP contribution in [0.1, 0.15) is 63.9 Å². The lowest BCUT2D eigenvalue weighted by molar-refractivity contribution is -0.132. The van der Waals surface area contributed by atoms with Gasteiger partial charge in [-0.1, -0.05) is 63.1 Å². The molecule has 0 amide bonds. The summed E-state index contributed by atoms with van der Waals surface area (Å²) in [6.07, 6.45) is 7.65. The maximum atomic E-state index is 11.0. The van der Waals surface area contributed by atoms with E-state index in [1.54, 1.807) is 0 Å². The van der Waals surface area contributed by atoms with Crippen molar-refractivity contribution in [2.24, 2.45) is 0 Å². The van der Waals surface area contributed by atoms with Crippen molar-refractivity contribution in [2.75, 3.05) is 0 Å². The smallest absolute Gasteiger partial charge is 0.330 e. The second-order valence-electron chi connectivity index (χ2n) is 7.58. The number of benzene rings is 2. The van der Waals surface area contributed by atoms with Gasteiger partial charge in [-0.25, -0.2) is 4.79 Å². The van der Waals surface area contributed by atoms with Crippen LogP contribution in [-0.4, -0.2) is 17.2 Å². The van der Waals surface area contributed by atoms with Gasteiger partial charge in [0.15, 0.2) is 0 Å². The van der Waals surface area contributed by atoms with Gasteiger partial charge >= 0.3 is 5.97 Å². The van der Waals surface area contributed by atoms with Crippen LogP contribution in [0, 0.1) is 11.3 Å². The molecule has 0 aromatic heterocycles. The summed E-state index contributed by atoms with van der Waals surface area (Å²) in [6.45, 7) is 5.82. The fraction of sp³-hybridized carbons (Fsp3) is 0.385. The topological polar surface area (TPSA) is 70.3 Å². The highest BCUT2D eigenvalue weighted by Crippen LogP contribution is 2.32. The van der Waals surface area contributed by atoms with Crippen molar-refractivity contribution in [1.82, 2.24) is 0 Å². The zero-order valence-corrected chi connectivity index (χ0v) is 17.8. The maximum Gasteiger partial charge on any atom is 0.330 e. The molecule has 4 nitrogen and oxygen atoms in total. The molecular formula is C26H31NO3. The molecule has 0 bridgehead atoms. The second kappa shape index (κ2) is 12.5. The minimum absolute atomic E-state index is 0.0305. The zero-order valence-electron chi connectivity index (χ0n) is 17.8. The third-order valence-electron chi connectivity index (χ3n) is 5.19. The Bertz CT molecular complexity index is 865. The summed E-state index contributed by atoms with van der Waals surface area (Å²) in [6, 6.07) is 17.6. The van der Waals surface area contributed by atoms with E-state index in [4.69, 9.17) is 15.1 Å². The molecule has 2 aromatic carbocycles. The van der Waals surface area contributed by atoms with E-state index in [-0.39, 0.29) is 11.7 Å². The molecule has 0 fully saturated rings. The molecule has 1 atom stereocenters. The first-order chi connectivity index (χ1) is 14.5. The Hall–Kier alpha value is -3.06. The van der Waals surface area contributed by atoms with Crippen molar-refractivity contribution in [3.63, 3.8) is 0 Å². The Kier molecular flexibility index (Phi) is 9.67. The lowest BCUT2D eigenvalue weighted by atomic mass is 10.0. The third kappa shape index (κ3) is 7.40. The lowest BCUT2D eigenvalue weighted by Crippen LogP contribution is -2.17. The van der Waals surface area contributed by atoms with Crippen LogP contribution >= 0.6 is 0 Å². The van der Waals surface area contributed by atoms with E-state index in [0.29, 0.717) is 12.0 Å². The summed E-state index contributed by atoms with van der Waals surface area (Å²) in [5, 5.41) is 18.1. The van der Waals surface area contributed by atoms with Gasteiger partial charge in [0.25, 0.3) is 0 Å². The molecule has 4 heteroatoms. The minimum atomic E-state index is -0.929. The standard InChI is InChI=1S/C26H31NO3/c1-3-4-5-6-11-23(12-9-10-20(2)26(28)29)30-25-14-8-7-13-24(25)22-17-15-21(19-27)16-18-22/h7-8,13-18,23H,2-6,9-12H2,1H3,(H,28,29). The number of rotatable bonds is 13. The van der Waals surface area contributed by atoms with Crippen LogP contribution in [0.2, 0.25) is 0 Å². The average Bonchev–Trinajstić information content (AvgIpc) is 2.76. The Labute approximate surface area is 179 Å². The van der Waals surface area contributed by atoms with Gasteiger partial charge < -0.3 is 9.84 Å². The number of nitriles is 1. The first-order valence-corrected chi connectivity index (χ1v) is 10.7. The monoisotopic (exact) mass is 405 g/mol. The fourth-order valence-electron chi connectivity index (χ4n) is 3.42. The van der Waals surface area contributed by atoms with Gasteiger partial charge in [0.1, 0.15) is 5.75 Å². The van der Waals surface area contributed by atoms with Crippen molar-refractivity contribution in [2.45, 2.75) is 64.4 Å². The Morgan fingerprint density at radius 3 is 2.43 bits per heavy atom. The van der Waals surface area contributed by atoms with Crippen LogP contribution in [0.4, 0.5) is 0 Å². The van der Waals surface area contributed by atoms with Gasteiger partial charge in [0, 0.05) is 11.1 Å². The average molecular weight is 406 g/mol. The number of hydrogen-bond acceptors (Lipinski definition) is 3. The normalized spacial score (nSPS) is 11.5. The highest BCUT2D eigenvalue weighted by Gasteiger charge is 2.15. The predicted octanol–water partition coefficient (Wildman–Crippen LogP) is 6.75. The van der Waals surface area contributed by atoms with E-state index in [1.807, 2.05) is 48.5 Å². The van der Waals surface area contributed by atoms with Crippen LogP contribution in [0.5, 0.6) is 5.75 Å². The van der Waals surface area contributed by atoms with Crippen molar-refractivity contribution < 1.29 is 14.6 Å². The number of unbranched alkanes of at least 4 members (excludes halogenated alkanes) is 3. The van der Waals surface area contributed by atoms with E-state index in [1.165, 1.54) is 19.3 Å². The quantitative estimate of drug-likeness (QED) is 0.295. The molecule has 0 heterocycles. The number of carboxylic acid groups (broad SMARTS) is 1. The summed E-state index contributed by atoms with van der Waals surface area (Å²) < 4.78 is 6.44. The molecule has 0 spiro atoms. The zero-order chi connectivity index (χ0) is 21.8. The largest absolute Gasteiger partial charge is 0.490 e. The minimum Gasteiger partial charge on any atom is -0.490 e. The van der Waals surface area contributed by atoms with Gasteiger partial charge in [0.05, 0.1) is 17.7 Å². The SMILES string of the molecule is C=C(CCCC(CCCCCC)Oc1ccccc1-c1ccc(C#N)cc1)C(=O)O. The molecule has 0 saturated carbocycles. The van der Waals surface area contributed by atoms with Gasteiger partial charge in [-0.15, -0.1) is 0 Å². The highest BCUT2D eigenvalue weighted by atomic mass is 16.5. The van der Waals surface area contributed by atoms with Gasteiger partial charge in [-0.2, -0.15) is 5.26 Å². The van der Waals surface area contributed by atoms with Crippen molar-refractivity contribution >= 4 is 5.97 Å². The summed E-state index contributed by atoms with van der Waals surface area (Å²) in [4.78, 5) is 11.0. The molecule has 2 rings (SSSR count). The molecule has 0 saturated heterocycles. The Balaban J connectivity index is 2.11. The van der Waals surface area contributed by atoms with Crippen molar-refractivity contribution in [3.05, 3.63) is 66.2 Å². The van der Waals surface area contributed by atoms with Crippen molar-refractivity contribution in [3.8, 4) is 22.9 Å². The van der Waals surface area contributed by atoms with Crippen LogP contribution in [0.25, 0.3) is 11.1 Å². The molecule has 0 aliphatic heterocycles. The predicted molar refractivity (Wildman–Crippen MR) is 120 cm³/mol. The number of aliphatic carboxylic acids is 1. The van der Waals surface area contributed by atoms with E-state index < -0.39 is 5.97 Å². The van der Waals surface area contributed by atoms with E-state index in [9.17, 15) is 4.79 Å². The summed E-state index contributed by atoms with van der Waals surface area (Å²) >= 11 is 0. The Morgan fingerprint density at radius 2 is 1.77 bits per heavy atom. The van der Waals surface area contributed by atoms with Crippen LogP contribution in [-0.2, 0) is 4.79 Å². The van der Waals surface area contributed by atoms with Gasteiger partial charge in [-0.3, -0.25) is 0 Å². The van der Waals surface area contributed by atoms with Gasteiger partial charge in [-0.05, 0) is 55.9 Å². The van der Waals surface area contributed by atoms with Crippen molar-refractivity contribution in [1.29, 1.82) is 5.26 Å². The van der Waals surface area contributed by atoms with E-state index in [0.717, 1.165) is 42.6 Å². The molecular weight excluding hydrogens is 374 g/mol. The number of nitrogens with zero attached hydrogens (tertiary/aromatic N) is 1. The van der Waals surface area contributed by atoms with Crippen LogP contribution < -0.4 is 4.74 Å². The first kappa shape index (κ1) is 23.2. The van der Waals surface area contributed by atoms with Gasteiger partial charge in [0.2, 0.25) is 0 Å². The summed E-state index contributed by atoms with van der Waals surface area (Å²) in [5.41, 5.74) is 2.88. The Morgan fingerprint density at radius 1 is 1.07 bits per heavy atom. The second-order valence-corrected chi connectivity index (χ2v) is 7.58. The fourth-order valence-corrected chi connectivity index (χ4v) is 3.42. The number of hydrogen-bond donors (Lipinski definition) is 1. The first-order valence-electron chi connectivity index (χ1n) is 10.7. The lowest BCUT2D eigenvalue weighted by Gasteiger charge is -2.21. The number of carbonyl (C=O) groups is 1.